The van der Waals surface area contributed by atoms with Crippen molar-refractivity contribution in [3.63, 3.8) is 0 Å². The van der Waals surface area contributed by atoms with Gasteiger partial charge in [-0.3, -0.25) is 14.6 Å². The number of carbonyl (C=O) groups excluding carboxylic acids is 1. The summed E-state index contributed by atoms with van der Waals surface area (Å²) in [7, 11) is 1.65. The highest BCUT2D eigenvalue weighted by Crippen LogP contribution is 2.34. The van der Waals surface area contributed by atoms with Crippen LogP contribution >= 0.6 is 0 Å². The summed E-state index contributed by atoms with van der Waals surface area (Å²) < 4.78 is 7.07. The van der Waals surface area contributed by atoms with Crippen molar-refractivity contribution in [1.29, 1.82) is 0 Å². The van der Waals surface area contributed by atoms with Crippen molar-refractivity contribution in [2.45, 2.75) is 26.3 Å². The molecule has 0 fully saturated rings. The van der Waals surface area contributed by atoms with E-state index in [0.29, 0.717) is 17.5 Å². The molecule has 0 aliphatic heterocycles. The molecule has 2 heterocycles. The van der Waals surface area contributed by atoms with Crippen molar-refractivity contribution in [2.24, 2.45) is 5.73 Å². The number of fused-ring (bicyclic) bond motifs is 3. The second kappa shape index (κ2) is 7.63. The average molecular weight is 401 g/mol. The first-order chi connectivity index (χ1) is 14.5. The molecule has 4 aromatic rings. The minimum Gasteiger partial charge on any atom is -0.497 e. The Morgan fingerprint density at radius 1 is 1.17 bits per heavy atom. The van der Waals surface area contributed by atoms with Gasteiger partial charge >= 0.3 is 0 Å². The first-order valence-electron chi connectivity index (χ1n) is 9.84. The Balaban J connectivity index is 2.08. The molecule has 30 heavy (non-hydrogen) atoms. The van der Waals surface area contributed by atoms with E-state index < -0.39 is 5.91 Å². The fourth-order valence-electron chi connectivity index (χ4n) is 4.04. The van der Waals surface area contributed by atoms with Crippen LogP contribution in [0, 0.1) is 0 Å². The van der Waals surface area contributed by atoms with Crippen molar-refractivity contribution in [3.05, 3.63) is 81.9 Å². The van der Waals surface area contributed by atoms with E-state index in [1.807, 2.05) is 31.3 Å². The summed E-state index contributed by atoms with van der Waals surface area (Å²) in [5, 5.41) is 2.22. The maximum absolute atomic E-state index is 13.1. The van der Waals surface area contributed by atoms with Crippen molar-refractivity contribution in [1.82, 2.24) is 9.55 Å². The molecule has 0 bridgehead atoms. The van der Waals surface area contributed by atoms with Gasteiger partial charge in [-0.05, 0) is 47.7 Å². The maximum atomic E-state index is 13.1. The smallest absolute Gasteiger partial charge is 0.258 e. The number of nitrogens with zero attached hydrogens (tertiary/aromatic N) is 2. The van der Waals surface area contributed by atoms with Crippen molar-refractivity contribution in [2.75, 3.05) is 7.11 Å². The van der Waals surface area contributed by atoms with Crippen LogP contribution in [0.25, 0.3) is 21.7 Å². The largest absolute Gasteiger partial charge is 0.497 e. The Morgan fingerprint density at radius 3 is 2.67 bits per heavy atom. The molecule has 0 saturated carbocycles. The van der Waals surface area contributed by atoms with Crippen LogP contribution in [0.3, 0.4) is 0 Å². The van der Waals surface area contributed by atoms with E-state index in [1.165, 1.54) is 0 Å². The third-order valence-electron chi connectivity index (χ3n) is 5.67. The lowest BCUT2D eigenvalue weighted by Crippen LogP contribution is -2.21. The molecule has 1 atom stereocenters. The van der Waals surface area contributed by atoms with Gasteiger partial charge in [-0.25, -0.2) is 0 Å². The number of ether oxygens (including phenoxy) is 1. The van der Waals surface area contributed by atoms with Crippen LogP contribution in [0.1, 0.15) is 41.3 Å². The van der Waals surface area contributed by atoms with Gasteiger partial charge in [-0.2, -0.15) is 0 Å². The van der Waals surface area contributed by atoms with E-state index in [0.717, 1.165) is 33.2 Å². The number of aromatic nitrogens is 2. The lowest BCUT2D eigenvalue weighted by molar-refractivity contribution is 0.100. The van der Waals surface area contributed by atoms with Crippen molar-refractivity contribution >= 4 is 27.6 Å². The molecule has 2 aromatic heterocycles. The zero-order valence-corrected chi connectivity index (χ0v) is 17.2. The molecule has 6 heteroatoms. The third kappa shape index (κ3) is 3.10. The first kappa shape index (κ1) is 19.6. The molecule has 0 unspecified atom stereocenters. The standard InChI is InChI=1S/C24H23N3O3/c1-4-27-21-13-26-12-20(14(2)15-6-5-7-17(10-15)30-3)22(21)18-9-8-16(23(25)28)11-19(18)24(27)29/h5-14H,4H2,1-3H3,(H2,25,28)/t14-/m1/s1. The summed E-state index contributed by atoms with van der Waals surface area (Å²) in [6.07, 6.45) is 3.57. The Hall–Kier alpha value is -3.67. The second-order valence-electron chi connectivity index (χ2n) is 7.30. The van der Waals surface area contributed by atoms with E-state index in [-0.39, 0.29) is 11.5 Å². The lowest BCUT2D eigenvalue weighted by Gasteiger charge is -2.19. The topological polar surface area (TPSA) is 87.2 Å². The van der Waals surface area contributed by atoms with Gasteiger partial charge in [0, 0.05) is 35.0 Å². The molecule has 0 radical (unpaired) electrons. The van der Waals surface area contributed by atoms with Gasteiger partial charge in [-0.1, -0.05) is 25.1 Å². The molecule has 2 aromatic carbocycles. The number of methoxy groups -OCH3 is 1. The van der Waals surface area contributed by atoms with Crippen LogP contribution in [0.4, 0.5) is 0 Å². The van der Waals surface area contributed by atoms with E-state index in [4.69, 9.17) is 10.5 Å². The zero-order valence-electron chi connectivity index (χ0n) is 17.2. The van der Waals surface area contributed by atoms with Crippen molar-refractivity contribution < 1.29 is 9.53 Å². The van der Waals surface area contributed by atoms with E-state index in [1.54, 1.807) is 36.1 Å². The summed E-state index contributed by atoms with van der Waals surface area (Å²) in [4.78, 5) is 29.3. The summed E-state index contributed by atoms with van der Waals surface area (Å²) in [5.74, 6) is 0.242. The van der Waals surface area contributed by atoms with E-state index >= 15 is 0 Å². The van der Waals surface area contributed by atoms with Gasteiger partial charge in [-0.15, -0.1) is 0 Å². The summed E-state index contributed by atoms with van der Waals surface area (Å²) in [6, 6.07) is 13.0. The number of hydrogen-bond acceptors (Lipinski definition) is 4. The van der Waals surface area contributed by atoms with Gasteiger partial charge < -0.3 is 15.0 Å². The van der Waals surface area contributed by atoms with Crippen molar-refractivity contribution in [3.8, 4) is 5.75 Å². The Kier molecular flexibility index (Phi) is 4.99. The minimum absolute atomic E-state index is 0.0122. The van der Waals surface area contributed by atoms with Gasteiger partial charge in [0.25, 0.3) is 5.56 Å². The number of primary amides is 1. The van der Waals surface area contributed by atoms with Gasteiger partial charge in [0.2, 0.25) is 5.91 Å². The second-order valence-corrected chi connectivity index (χ2v) is 7.30. The number of hydrogen-bond donors (Lipinski definition) is 1. The Labute approximate surface area is 173 Å². The van der Waals surface area contributed by atoms with Crippen LogP contribution in [0.15, 0.2) is 59.7 Å². The molecule has 0 spiro atoms. The van der Waals surface area contributed by atoms with Gasteiger partial charge in [0.05, 0.1) is 18.8 Å². The fraction of sp³-hybridized carbons (Fsp3) is 0.208. The first-order valence-corrected chi connectivity index (χ1v) is 9.84. The lowest BCUT2D eigenvalue weighted by atomic mass is 9.89. The summed E-state index contributed by atoms with van der Waals surface area (Å²) >= 11 is 0. The van der Waals surface area contributed by atoms with Gasteiger partial charge in [0.15, 0.2) is 0 Å². The highest BCUT2D eigenvalue weighted by Gasteiger charge is 2.19. The quantitative estimate of drug-likeness (QED) is 0.515. The molecule has 152 valence electrons. The fourth-order valence-corrected chi connectivity index (χ4v) is 4.04. The van der Waals surface area contributed by atoms with E-state index in [2.05, 4.69) is 18.0 Å². The number of aryl methyl sites for hydroxylation is 1. The SMILES string of the molecule is CCn1c(=O)c2cc(C(N)=O)ccc2c2c([C@H](C)c3cccc(OC)c3)cncc21. The van der Waals surface area contributed by atoms with Crippen LogP contribution in [-0.4, -0.2) is 22.6 Å². The highest BCUT2D eigenvalue weighted by molar-refractivity contribution is 6.09. The normalized spacial score (nSPS) is 12.2. The maximum Gasteiger partial charge on any atom is 0.258 e. The van der Waals surface area contributed by atoms with Crippen LogP contribution < -0.4 is 16.0 Å². The Bertz CT molecular complexity index is 1340. The zero-order chi connectivity index (χ0) is 21.4. The molecule has 6 nitrogen and oxygen atoms in total. The number of amides is 1. The molecule has 0 aliphatic rings. The highest BCUT2D eigenvalue weighted by atomic mass is 16.5. The third-order valence-corrected chi connectivity index (χ3v) is 5.67. The number of rotatable bonds is 5. The molecule has 2 N–H and O–H groups in total. The molecule has 0 saturated heterocycles. The molecular weight excluding hydrogens is 378 g/mol. The van der Waals surface area contributed by atoms with Gasteiger partial charge in [0.1, 0.15) is 5.75 Å². The number of pyridine rings is 2. The van der Waals surface area contributed by atoms with Crippen LogP contribution in [-0.2, 0) is 6.54 Å². The molecule has 1 amide bonds. The minimum atomic E-state index is -0.556. The number of carbonyl (C=O) groups is 1. The predicted molar refractivity (Wildman–Crippen MR) is 118 cm³/mol. The molecular formula is C24H23N3O3. The summed E-state index contributed by atoms with van der Waals surface area (Å²) in [6.45, 7) is 4.52. The number of nitrogens with two attached hydrogens (primary N) is 1. The number of benzene rings is 2. The molecule has 0 aliphatic carbocycles. The predicted octanol–water partition coefficient (Wildman–Crippen LogP) is 3.83. The van der Waals surface area contributed by atoms with Crippen LogP contribution in [0.2, 0.25) is 0 Å². The van der Waals surface area contributed by atoms with E-state index in [9.17, 15) is 9.59 Å². The Morgan fingerprint density at radius 2 is 1.97 bits per heavy atom. The average Bonchev–Trinajstić information content (AvgIpc) is 2.78. The monoisotopic (exact) mass is 401 g/mol. The summed E-state index contributed by atoms with van der Waals surface area (Å²) in [5.41, 5.74) is 8.47. The molecule has 4 rings (SSSR count). The van der Waals surface area contributed by atoms with Crippen LogP contribution in [0.5, 0.6) is 5.75 Å².